The van der Waals surface area contributed by atoms with Crippen LogP contribution >= 0.6 is 11.3 Å². The Morgan fingerprint density at radius 1 is 1.11 bits per heavy atom. The lowest BCUT2D eigenvalue weighted by atomic mass is 10.0. The molecule has 1 N–H and O–H groups in total. The van der Waals surface area contributed by atoms with E-state index in [1.165, 1.54) is 11.6 Å². The summed E-state index contributed by atoms with van der Waals surface area (Å²) in [5.41, 5.74) is 1.82. The van der Waals surface area contributed by atoms with Gasteiger partial charge in [-0.1, -0.05) is 6.07 Å². The van der Waals surface area contributed by atoms with Crippen LogP contribution in [-0.2, 0) is 12.8 Å². The average Bonchev–Trinajstić information content (AvgIpc) is 2.84. The van der Waals surface area contributed by atoms with E-state index in [2.05, 4.69) is 0 Å². The molecule has 18 heavy (non-hydrogen) atoms. The van der Waals surface area contributed by atoms with Crippen LogP contribution in [0.5, 0.6) is 0 Å². The molecule has 4 heteroatoms. The number of hydrogen-bond donors (Lipinski definition) is 1. The summed E-state index contributed by atoms with van der Waals surface area (Å²) in [6.07, 6.45) is 1.24. The fourth-order valence-electron chi connectivity index (χ4n) is 1.81. The Labute approximate surface area is 109 Å². The molecular formula is C14H14F2OS. The van der Waals surface area contributed by atoms with Crippen LogP contribution < -0.4 is 0 Å². The first kappa shape index (κ1) is 13.2. The Morgan fingerprint density at radius 3 is 2.61 bits per heavy atom. The highest BCUT2D eigenvalue weighted by Gasteiger charge is 2.09. The van der Waals surface area contributed by atoms with Crippen LogP contribution in [0, 0.1) is 11.6 Å². The van der Waals surface area contributed by atoms with E-state index >= 15 is 0 Å². The van der Waals surface area contributed by atoms with Crippen LogP contribution in [-0.4, -0.2) is 11.2 Å². The molecule has 0 saturated heterocycles. The van der Waals surface area contributed by atoms with Crippen molar-refractivity contribution in [3.05, 3.63) is 57.8 Å². The number of benzene rings is 1. The molecule has 1 nitrogen and oxygen atoms in total. The minimum absolute atomic E-state index is 0.349. The van der Waals surface area contributed by atoms with Crippen molar-refractivity contribution in [2.75, 3.05) is 0 Å². The van der Waals surface area contributed by atoms with Crippen molar-refractivity contribution in [3.63, 3.8) is 0 Å². The van der Waals surface area contributed by atoms with Gasteiger partial charge in [-0.05, 0) is 59.3 Å². The number of aryl methyl sites for hydroxylation is 1. The maximum Gasteiger partial charge on any atom is 0.159 e. The first-order valence-corrected chi connectivity index (χ1v) is 6.72. The van der Waals surface area contributed by atoms with Gasteiger partial charge in [-0.3, -0.25) is 0 Å². The fourth-order valence-corrected chi connectivity index (χ4v) is 2.51. The maximum atomic E-state index is 13.0. The molecule has 0 bridgehead atoms. The van der Waals surface area contributed by atoms with Crippen molar-refractivity contribution >= 4 is 11.3 Å². The Morgan fingerprint density at radius 2 is 1.94 bits per heavy atom. The molecule has 0 saturated carbocycles. The highest BCUT2D eigenvalue weighted by Crippen LogP contribution is 2.14. The first-order chi connectivity index (χ1) is 8.65. The summed E-state index contributed by atoms with van der Waals surface area (Å²) < 4.78 is 25.7. The Balaban J connectivity index is 1.86. The average molecular weight is 268 g/mol. The van der Waals surface area contributed by atoms with E-state index < -0.39 is 17.7 Å². The van der Waals surface area contributed by atoms with Crippen LogP contribution in [0.4, 0.5) is 8.78 Å². The highest BCUT2D eigenvalue weighted by molar-refractivity contribution is 7.07. The van der Waals surface area contributed by atoms with Gasteiger partial charge in [0.15, 0.2) is 11.6 Å². The van der Waals surface area contributed by atoms with E-state index in [9.17, 15) is 13.9 Å². The predicted molar refractivity (Wildman–Crippen MR) is 68.7 cm³/mol. The lowest BCUT2D eigenvalue weighted by Gasteiger charge is -2.10. The standard InChI is InChI=1S/C14H14F2OS/c15-13-4-2-11(8-14(13)16)7-12(17)3-1-10-5-6-18-9-10/h2,4-6,8-9,12,17H,1,3,7H2. The van der Waals surface area contributed by atoms with Crippen LogP contribution in [0.25, 0.3) is 0 Å². The summed E-state index contributed by atoms with van der Waals surface area (Å²) in [5, 5.41) is 13.9. The minimum Gasteiger partial charge on any atom is -0.393 e. The molecule has 1 atom stereocenters. The van der Waals surface area contributed by atoms with E-state index in [0.29, 0.717) is 18.4 Å². The van der Waals surface area contributed by atoms with E-state index in [1.807, 2.05) is 16.8 Å². The van der Waals surface area contributed by atoms with E-state index in [4.69, 9.17) is 0 Å². The summed E-state index contributed by atoms with van der Waals surface area (Å²) in [5.74, 6) is -1.72. The Hall–Kier alpha value is -1.26. The topological polar surface area (TPSA) is 20.2 Å². The van der Waals surface area contributed by atoms with Gasteiger partial charge in [0.05, 0.1) is 6.10 Å². The normalized spacial score (nSPS) is 12.6. The largest absolute Gasteiger partial charge is 0.393 e. The molecule has 1 unspecified atom stereocenters. The monoisotopic (exact) mass is 268 g/mol. The molecule has 1 aromatic heterocycles. The first-order valence-electron chi connectivity index (χ1n) is 5.78. The summed E-state index contributed by atoms with van der Waals surface area (Å²) in [6, 6.07) is 5.76. The number of halogens is 2. The zero-order valence-corrected chi connectivity index (χ0v) is 10.6. The molecule has 0 spiro atoms. The van der Waals surface area contributed by atoms with Crippen molar-refractivity contribution in [3.8, 4) is 0 Å². The third-order valence-electron chi connectivity index (χ3n) is 2.80. The zero-order chi connectivity index (χ0) is 13.0. The summed E-state index contributed by atoms with van der Waals surface area (Å²) >= 11 is 1.63. The van der Waals surface area contributed by atoms with Gasteiger partial charge in [0.25, 0.3) is 0 Å². The van der Waals surface area contributed by atoms with Crippen molar-refractivity contribution < 1.29 is 13.9 Å². The highest BCUT2D eigenvalue weighted by atomic mass is 32.1. The second kappa shape index (κ2) is 6.07. The fraction of sp³-hybridized carbons (Fsp3) is 0.286. The van der Waals surface area contributed by atoms with Gasteiger partial charge >= 0.3 is 0 Å². The lowest BCUT2D eigenvalue weighted by Crippen LogP contribution is -2.11. The molecule has 0 aliphatic heterocycles. The molecule has 0 radical (unpaired) electrons. The summed E-state index contributed by atoms with van der Waals surface area (Å²) in [7, 11) is 0. The van der Waals surface area contributed by atoms with Gasteiger partial charge in [-0.15, -0.1) is 0 Å². The van der Waals surface area contributed by atoms with Crippen LogP contribution in [0.2, 0.25) is 0 Å². The van der Waals surface area contributed by atoms with Crippen molar-refractivity contribution in [2.45, 2.75) is 25.4 Å². The zero-order valence-electron chi connectivity index (χ0n) is 9.77. The lowest BCUT2D eigenvalue weighted by molar-refractivity contribution is 0.165. The molecular weight excluding hydrogens is 254 g/mol. The van der Waals surface area contributed by atoms with Crippen molar-refractivity contribution in [1.82, 2.24) is 0 Å². The Bertz CT molecular complexity index is 497. The molecule has 0 fully saturated rings. The molecule has 96 valence electrons. The van der Waals surface area contributed by atoms with Crippen molar-refractivity contribution in [1.29, 1.82) is 0 Å². The summed E-state index contributed by atoms with van der Waals surface area (Å²) in [6.45, 7) is 0. The maximum absolute atomic E-state index is 13.0. The van der Waals surface area contributed by atoms with Gasteiger partial charge in [0.1, 0.15) is 0 Å². The van der Waals surface area contributed by atoms with Gasteiger partial charge in [-0.25, -0.2) is 8.78 Å². The second-order valence-electron chi connectivity index (χ2n) is 4.28. The predicted octanol–water partition coefficient (Wildman–Crippen LogP) is 3.56. The molecule has 1 heterocycles. The molecule has 0 amide bonds. The number of rotatable bonds is 5. The van der Waals surface area contributed by atoms with E-state index in [1.54, 1.807) is 11.3 Å². The number of hydrogen-bond acceptors (Lipinski definition) is 2. The minimum atomic E-state index is -0.863. The Kier molecular flexibility index (Phi) is 4.44. The molecule has 0 aliphatic rings. The van der Waals surface area contributed by atoms with Gasteiger partial charge in [0, 0.05) is 0 Å². The molecule has 2 aromatic rings. The molecule has 0 aliphatic carbocycles. The van der Waals surface area contributed by atoms with E-state index in [-0.39, 0.29) is 0 Å². The number of thiophene rings is 1. The molecule has 2 rings (SSSR count). The quantitative estimate of drug-likeness (QED) is 0.879. The van der Waals surface area contributed by atoms with Gasteiger partial charge in [-0.2, -0.15) is 11.3 Å². The van der Waals surface area contributed by atoms with Crippen molar-refractivity contribution in [2.24, 2.45) is 0 Å². The third kappa shape index (κ3) is 3.62. The SMILES string of the molecule is OC(CCc1ccsc1)Cc1ccc(F)c(F)c1. The van der Waals surface area contributed by atoms with Gasteiger partial charge in [0.2, 0.25) is 0 Å². The van der Waals surface area contributed by atoms with Crippen LogP contribution in [0.15, 0.2) is 35.0 Å². The van der Waals surface area contributed by atoms with Crippen LogP contribution in [0.1, 0.15) is 17.5 Å². The summed E-state index contributed by atoms with van der Waals surface area (Å²) in [4.78, 5) is 0. The second-order valence-corrected chi connectivity index (χ2v) is 5.06. The third-order valence-corrected chi connectivity index (χ3v) is 3.53. The molecule has 1 aromatic carbocycles. The van der Waals surface area contributed by atoms with Crippen LogP contribution in [0.3, 0.4) is 0 Å². The number of aliphatic hydroxyl groups excluding tert-OH is 1. The van der Waals surface area contributed by atoms with Gasteiger partial charge < -0.3 is 5.11 Å². The number of aliphatic hydroxyl groups is 1. The smallest absolute Gasteiger partial charge is 0.159 e. The van der Waals surface area contributed by atoms with E-state index in [0.717, 1.165) is 18.6 Å².